The van der Waals surface area contributed by atoms with Gasteiger partial charge in [-0.2, -0.15) is 0 Å². The smallest absolute Gasteiger partial charge is 0.148 e. The SMILES string of the molecule is COc1cccc2c1CCC(c1cc(C(c3ccccc3)c3ccccc3)on1)C2C. The lowest BCUT2D eigenvalue weighted by Gasteiger charge is -2.30. The number of aromatic nitrogens is 1. The van der Waals surface area contributed by atoms with Crippen molar-refractivity contribution in [3.8, 4) is 5.75 Å². The van der Waals surface area contributed by atoms with Gasteiger partial charge in [-0.1, -0.05) is 84.9 Å². The van der Waals surface area contributed by atoms with Crippen LogP contribution in [0.15, 0.2) is 89.5 Å². The molecule has 2 unspecified atom stereocenters. The van der Waals surface area contributed by atoms with E-state index in [9.17, 15) is 0 Å². The Bertz CT molecular complexity index is 1110. The number of rotatable bonds is 5. The van der Waals surface area contributed by atoms with E-state index in [1.165, 1.54) is 22.3 Å². The number of fused-ring (bicyclic) bond motifs is 1. The van der Waals surface area contributed by atoms with Crippen molar-refractivity contribution >= 4 is 0 Å². The van der Waals surface area contributed by atoms with Gasteiger partial charge in [0.2, 0.25) is 0 Å². The van der Waals surface area contributed by atoms with Crippen molar-refractivity contribution in [2.24, 2.45) is 0 Å². The average Bonchev–Trinajstić information content (AvgIpc) is 3.30. The monoisotopic (exact) mass is 409 g/mol. The van der Waals surface area contributed by atoms with Gasteiger partial charge in [-0.25, -0.2) is 0 Å². The summed E-state index contributed by atoms with van der Waals surface area (Å²) in [6.45, 7) is 2.29. The van der Waals surface area contributed by atoms with Crippen LogP contribution in [0, 0.1) is 0 Å². The number of benzene rings is 3. The molecule has 0 N–H and O–H groups in total. The first kappa shape index (κ1) is 19.6. The van der Waals surface area contributed by atoms with Gasteiger partial charge in [-0.3, -0.25) is 0 Å². The third-order valence-electron chi connectivity index (χ3n) is 6.67. The standard InChI is InChI=1S/C28H27NO2/c1-19-22-14-9-15-26(30-2)24(22)17-16-23(19)25-18-27(31-29-25)28(20-10-5-3-6-11-20)21-12-7-4-8-13-21/h3-15,18-19,23,28H,16-17H2,1-2H3. The van der Waals surface area contributed by atoms with Crippen LogP contribution in [0.2, 0.25) is 0 Å². The molecule has 156 valence electrons. The molecule has 0 bridgehead atoms. The Kier molecular flexibility index (Phi) is 5.33. The summed E-state index contributed by atoms with van der Waals surface area (Å²) in [6, 6.07) is 29.6. The van der Waals surface area contributed by atoms with E-state index < -0.39 is 0 Å². The van der Waals surface area contributed by atoms with Crippen LogP contribution in [0.3, 0.4) is 0 Å². The molecule has 1 aliphatic carbocycles. The van der Waals surface area contributed by atoms with Crippen molar-refractivity contribution in [1.29, 1.82) is 0 Å². The van der Waals surface area contributed by atoms with Crippen LogP contribution in [0.4, 0.5) is 0 Å². The van der Waals surface area contributed by atoms with E-state index in [2.05, 4.69) is 84.9 Å². The quantitative estimate of drug-likeness (QED) is 0.368. The average molecular weight is 410 g/mol. The molecular formula is C28H27NO2. The highest BCUT2D eigenvalue weighted by molar-refractivity contribution is 5.46. The number of hydrogen-bond acceptors (Lipinski definition) is 3. The van der Waals surface area contributed by atoms with Crippen molar-refractivity contribution in [2.75, 3.05) is 7.11 Å². The molecule has 3 nitrogen and oxygen atoms in total. The second kappa shape index (κ2) is 8.43. The zero-order valence-electron chi connectivity index (χ0n) is 18.0. The maximum atomic E-state index is 6.00. The van der Waals surface area contributed by atoms with Gasteiger partial charge in [0.15, 0.2) is 0 Å². The van der Waals surface area contributed by atoms with Crippen molar-refractivity contribution in [3.05, 3.63) is 119 Å². The minimum Gasteiger partial charge on any atom is -0.496 e. The highest BCUT2D eigenvalue weighted by Crippen LogP contribution is 2.45. The molecule has 31 heavy (non-hydrogen) atoms. The molecule has 3 aromatic carbocycles. The highest BCUT2D eigenvalue weighted by Gasteiger charge is 2.32. The topological polar surface area (TPSA) is 35.3 Å². The number of ether oxygens (including phenoxy) is 1. The van der Waals surface area contributed by atoms with Crippen molar-refractivity contribution in [3.63, 3.8) is 0 Å². The molecule has 1 heterocycles. The lowest BCUT2D eigenvalue weighted by Crippen LogP contribution is -2.18. The molecule has 1 aromatic heterocycles. The second-order valence-electron chi connectivity index (χ2n) is 8.37. The largest absolute Gasteiger partial charge is 0.496 e. The normalized spacial score (nSPS) is 18.0. The van der Waals surface area contributed by atoms with E-state index in [4.69, 9.17) is 9.26 Å². The van der Waals surface area contributed by atoms with Gasteiger partial charge >= 0.3 is 0 Å². The van der Waals surface area contributed by atoms with Crippen molar-refractivity contribution < 1.29 is 9.26 Å². The lowest BCUT2D eigenvalue weighted by molar-refractivity contribution is 0.358. The first-order valence-corrected chi connectivity index (χ1v) is 11.0. The summed E-state index contributed by atoms with van der Waals surface area (Å²) in [5, 5.41) is 4.57. The van der Waals surface area contributed by atoms with Crippen molar-refractivity contribution in [2.45, 2.75) is 37.5 Å². The summed E-state index contributed by atoms with van der Waals surface area (Å²) in [4.78, 5) is 0. The van der Waals surface area contributed by atoms with Crippen LogP contribution < -0.4 is 4.74 Å². The van der Waals surface area contributed by atoms with E-state index in [1.807, 2.05) is 12.1 Å². The van der Waals surface area contributed by atoms with E-state index in [1.54, 1.807) is 7.11 Å². The summed E-state index contributed by atoms with van der Waals surface area (Å²) < 4.78 is 11.6. The van der Waals surface area contributed by atoms with Gasteiger partial charge in [0.1, 0.15) is 11.5 Å². The Morgan fingerprint density at radius 3 is 2.23 bits per heavy atom. The second-order valence-corrected chi connectivity index (χ2v) is 8.37. The van der Waals surface area contributed by atoms with Crippen LogP contribution in [0.1, 0.15) is 64.8 Å². The summed E-state index contributed by atoms with van der Waals surface area (Å²) in [7, 11) is 1.75. The van der Waals surface area contributed by atoms with E-state index in [0.717, 1.165) is 30.0 Å². The lowest BCUT2D eigenvalue weighted by atomic mass is 9.74. The van der Waals surface area contributed by atoms with Gasteiger partial charge in [0, 0.05) is 12.0 Å². The Balaban J connectivity index is 1.50. The zero-order chi connectivity index (χ0) is 21.2. The van der Waals surface area contributed by atoms with Crippen LogP contribution >= 0.6 is 0 Å². The maximum absolute atomic E-state index is 6.00. The summed E-state index contributed by atoms with van der Waals surface area (Å²) in [5.41, 5.74) is 6.17. The third-order valence-corrected chi connectivity index (χ3v) is 6.67. The molecule has 3 heteroatoms. The molecule has 0 saturated carbocycles. The van der Waals surface area contributed by atoms with Gasteiger partial charge < -0.3 is 9.26 Å². The third kappa shape index (κ3) is 3.65. The molecule has 0 amide bonds. The molecule has 5 rings (SSSR count). The summed E-state index contributed by atoms with van der Waals surface area (Å²) in [5.74, 6) is 2.64. The number of hydrogen-bond donors (Lipinski definition) is 0. The fourth-order valence-electron chi connectivity index (χ4n) is 5.07. The number of methoxy groups -OCH3 is 1. The fraction of sp³-hybridized carbons (Fsp3) is 0.250. The Hall–Kier alpha value is -3.33. The number of nitrogens with zero attached hydrogens (tertiary/aromatic N) is 1. The van der Waals surface area contributed by atoms with Gasteiger partial charge in [0.25, 0.3) is 0 Å². The van der Waals surface area contributed by atoms with Crippen LogP contribution in [-0.4, -0.2) is 12.3 Å². The van der Waals surface area contributed by atoms with Crippen LogP contribution in [-0.2, 0) is 6.42 Å². The predicted octanol–water partition coefficient (Wildman–Crippen LogP) is 6.70. The summed E-state index contributed by atoms with van der Waals surface area (Å²) in [6.07, 6.45) is 2.04. The molecule has 0 spiro atoms. The molecular weight excluding hydrogens is 382 g/mol. The molecule has 2 atom stereocenters. The van der Waals surface area contributed by atoms with E-state index in [0.29, 0.717) is 11.8 Å². The molecule has 4 aromatic rings. The van der Waals surface area contributed by atoms with Crippen LogP contribution in [0.5, 0.6) is 5.75 Å². The first-order chi connectivity index (χ1) is 15.3. The van der Waals surface area contributed by atoms with Gasteiger partial charge in [-0.15, -0.1) is 0 Å². The molecule has 0 radical (unpaired) electrons. The highest BCUT2D eigenvalue weighted by atomic mass is 16.5. The van der Waals surface area contributed by atoms with E-state index in [-0.39, 0.29) is 5.92 Å². The Morgan fingerprint density at radius 2 is 1.58 bits per heavy atom. The minimum absolute atomic E-state index is 0.0370. The first-order valence-electron chi connectivity index (χ1n) is 11.0. The summed E-state index contributed by atoms with van der Waals surface area (Å²) >= 11 is 0. The molecule has 0 saturated heterocycles. The zero-order valence-corrected chi connectivity index (χ0v) is 18.0. The Morgan fingerprint density at radius 1 is 0.903 bits per heavy atom. The van der Waals surface area contributed by atoms with Crippen LogP contribution in [0.25, 0.3) is 0 Å². The van der Waals surface area contributed by atoms with E-state index >= 15 is 0 Å². The molecule has 0 aliphatic heterocycles. The Labute approximate surface area is 183 Å². The minimum atomic E-state index is 0.0370. The molecule has 0 fully saturated rings. The maximum Gasteiger partial charge on any atom is 0.148 e. The van der Waals surface area contributed by atoms with Gasteiger partial charge in [-0.05, 0) is 47.1 Å². The fourth-order valence-corrected chi connectivity index (χ4v) is 5.07. The van der Waals surface area contributed by atoms with Crippen molar-refractivity contribution in [1.82, 2.24) is 5.16 Å². The molecule has 1 aliphatic rings. The van der Waals surface area contributed by atoms with Gasteiger partial charge in [0.05, 0.1) is 18.7 Å². The predicted molar refractivity (Wildman–Crippen MR) is 123 cm³/mol.